The van der Waals surface area contributed by atoms with Gasteiger partial charge in [0, 0.05) is 5.54 Å². The summed E-state index contributed by atoms with van der Waals surface area (Å²) >= 11 is 0. The largest absolute Gasteiger partial charge is 0.494 e. The van der Waals surface area contributed by atoms with Gasteiger partial charge in [0.2, 0.25) is 0 Å². The molecule has 0 aromatic heterocycles. The van der Waals surface area contributed by atoms with E-state index in [9.17, 15) is 0 Å². The van der Waals surface area contributed by atoms with Crippen molar-refractivity contribution >= 4 is 0 Å². The molecule has 0 spiro atoms. The summed E-state index contributed by atoms with van der Waals surface area (Å²) in [6.45, 7) is 2.80. The van der Waals surface area contributed by atoms with Crippen LogP contribution in [0.2, 0.25) is 0 Å². The van der Waals surface area contributed by atoms with Crippen molar-refractivity contribution in [2.24, 2.45) is 0 Å². The molecule has 0 radical (unpaired) electrons. The maximum atomic E-state index is 5.67. The lowest BCUT2D eigenvalue weighted by Gasteiger charge is -2.54. The highest BCUT2D eigenvalue weighted by molar-refractivity contribution is 5.36. The Morgan fingerprint density at radius 1 is 1.11 bits per heavy atom. The Bertz CT molecular complexity index is 430. The molecule has 0 unspecified atom stereocenters. The number of rotatable bonds is 4. The van der Waals surface area contributed by atoms with Crippen LogP contribution in [0.1, 0.15) is 51.0 Å². The lowest BCUT2D eigenvalue weighted by Crippen LogP contribution is -2.54. The Morgan fingerprint density at radius 2 is 1.79 bits per heavy atom. The summed E-state index contributed by atoms with van der Waals surface area (Å²) in [5, 5.41) is 3.58. The monoisotopic (exact) mass is 259 g/mol. The predicted molar refractivity (Wildman–Crippen MR) is 78.8 cm³/mol. The second kappa shape index (κ2) is 4.82. The minimum atomic E-state index is 0.422. The second-order valence-corrected chi connectivity index (χ2v) is 6.27. The van der Waals surface area contributed by atoms with E-state index >= 15 is 0 Å². The van der Waals surface area contributed by atoms with E-state index in [1.807, 2.05) is 6.92 Å². The summed E-state index contributed by atoms with van der Waals surface area (Å²) in [6, 6.07) is 8.82. The molecule has 2 nitrogen and oxygen atoms in total. The van der Waals surface area contributed by atoms with Gasteiger partial charge in [-0.2, -0.15) is 0 Å². The molecule has 0 saturated heterocycles. The molecule has 3 aliphatic rings. The first-order chi connectivity index (χ1) is 9.22. The van der Waals surface area contributed by atoms with E-state index in [1.165, 1.54) is 44.1 Å². The number of nitrogens with one attached hydrogen (secondary N) is 1. The van der Waals surface area contributed by atoms with Crippen LogP contribution in [0.5, 0.6) is 5.75 Å². The zero-order chi connectivity index (χ0) is 13.3. The lowest BCUT2D eigenvalue weighted by atomic mass is 9.55. The molecule has 104 valence electrons. The lowest BCUT2D eigenvalue weighted by molar-refractivity contribution is 0.0833. The molecule has 19 heavy (non-hydrogen) atoms. The summed E-state index contributed by atoms with van der Waals surface area (Å²) in [5.74, 6) is 1.03. The molecule has 0 heterocycles. The first-order valence-electron chi connectivity index (χ1n) is 7.64. The molecule has 1 N–H and O–H groups in total. The molecular weight excluding hydrogens is 234 g/mol. The number of ether oxygens (including phenoxy) is 1. The molecule has 0 aliphatic heterocycles. The Morgan fingerprint density at radius 3 is 2.37 bits per heavy atom. The van der Waals surface area contributed by atoms with Crippen molar-refractivity contribution in [3.8, 4) is 5.75 Å². The standard InChI is InChI=1S/C17H25NO/c1-3-19-15-6-4-5-14(13-15)16-7-10-17(18-2,11-8-16)12-9-16/h4-6,13,18H,3,7-12H2,1-2H3. The molecule has 1 aromatic rings. The highest BCUT2D eigenvalue weighted by Crippen LogP contribution is 2.53. The van der Waals surface area contributed by atoms with Gasteiger partial charge in [-0.3, -0.25) is 0 Å². The molecule has 3 fully saturated rings. The van der Waals surface area contributed by atoms with Gasteiger partial charge >= 0.3 is 0 Å². The van der Waals surface area contributed by atoms with Gasteiger partial charge in [0.15, 0.2) is 0 Å². The van der Waals surface area contributed by atoms with E-state index < -0.39 is 0 Å². The Labute approximate surface area is 116 Å². The summed E-state index contributed by atoms with van der Waals surface area (Å²) in [6.07, 6.45) is 7.93. The third-order valence-corrected chi connectivity index (χ3v) is 5.53. The zero-order valence-corrected chi connectivity index (χ0v) is 12.2. The second-order valence-electron chi connectivity index (χ2n) is 6.27. The molecule has 4 rings (SSSR count). The highest BCUT2D eigenvalue weighted by atomic mass is 16.5. The van der Waals surface area contributed by atoms with Gasteiger partial charge in [0.1, 0.15) is 5.75 Å². The van der Waals surface area contributed by atoms with Crippen LogP contribution >= 0.6 is 0 Å². The van der Waals surface area contributed by atoms with E-state index in [0.717, 1.165) is 12.4 Å². The third-order valence-electron chi connectivity index (χ3n) is 5.53. The van der Waals surface area contributed by atoms with Crippen LogP contribution in [0.25, 0.3) is 0 Å². The molecule has 0 amide bonds. The number of benzene rings is 1. The molecule has 3 aliphatic carbocycles. The van der Waals surface area contributed by atoms with Crippen LogP contribution in [0.15, 0.2) is 24.3 Å². The van der Waals surface area contributed by atoms with Crippen LogP contribution in [-0.2, 0) is 5.41 Å². The molecule has 2 heteroatoms. The minimum Gasteiger partial charge on any atom is -0.494 e. The van der Waals surface area contributed by atoms with Crippen molar-refractivity contribution in [1.82, 2.24) is 5.32 Å². The van der Waals surface area contributed by atoms with E-state index in [1.54, 1.807) is 0 Å². The zero-order valence-electron chi connectivity index (χ0n) is 12.2. The van der Waals surface area contributed by atoms with Crippen molar-refractivity contribution in [2.75, 3.05) is 13.7 Å². The Hall–Kier alpha value is -1.02. The van der Waals surface area contributed by atoms with Crippen LogP contribution in [0, 0.1) is 0 Å². The van der Waals surface area contributed by atoms with Gasteiger partial charge < -0.3 is 10.1 Å². The van der Waals surface area contributed by atoms with E-state index in [-0.39, 0.29) is 0 Å². The minimum absolute atomic E-state index is 0.422. The van der Waals surface area contributed by atoms with Gasteiger partial charge in [-0.15, -0.1) is 0 Å². The summed E-state index contributed by atoms with van der Waals surface area (Å²) in [7, 11) is 2.13. The van der Waals surface area contributed by atoms with E-state index in [0.29, 0.717) is 11.0 Å². The van der Waals surface area contributed by atoms with Crippen LogP contribution < -0.4 is 10.1 Å². The Kier molecular flexibility index (Phi) is 3.30. The number of fused-ring (bicyclic) bond motifs is 3. The summed E-state index contributed by atoms with van der Waals surface area (Å²) in [4.78, 5) is 0. The fourth-order valence-corrected chi connectivity index (χ4v) is 4.08. The van der Waals surface area contributed by atoms with Crippen LogP contribution in [-0.4, -0.2) is 19.2 Å². The maximum absolute atomic E-state index is 5.67. The molecule has 2 bridgehead atoms. The van der Waals surface area contributed by atoms with Crippen molar-refractivity contribution in [2.45, 2.75) is 56.4 Å². The van der Waals surface area contributed by atoms with Crippen LogP contribution in [0.3, 0.4) is 0 Å². The normalized spacial score (nSPS) is 33.4. The maximum Gasteiger partial charge on any atom is 0.119 e. The van der Waals surface area contributed by atoms with Gasteiger partial charge in [0.25, 0.3) is 0 Å². The predicted octanol–water partition coefficient (Wildman–Crippen LogP) is 3.65. The molecular formula is C17H25NO. The van der Waals surface area contributed by atoms with Gasteiger partial charge in [-0.25, -0.2) is 0 Å². The first kappa shape index (κ1) is 13.0. The average Bonchev–Trinajstić information content (AvgIpc) is 2.50. The van der Waals surface area contributed by atoms with Gasteiger partial charge in [0.05, 0.1) is 6.61 Å². The highest BCUT2D eigenvalue weighted by Gasteiger charge is 2.48. The fraction of sp³-hybridized carbons (Fsp3) is 0.647. The topological polar surface area (TPSA) is 21.3 Å². The SMILES string of the molecule is CCOc1cccc(C23CCC(NC)(CC2)CC3)c1. The van der Waals surface area contributed by atoms with E-state index in [4.69, 9.17) is 4.74 Å². The molecule has 0 atom stereocenters. The van der Waals surface area contributed by atoms with Crippen molar-refractivity contribution < 1.29 is 4.74 Å². The summed E-state index contributed by atoms with van der Waals surface area (Å²) in [5.41, 5.74) is 2.37. The smallest absolute Gasteiger partial charge is 0.119 e. The number of hydrogen-bond donors (Lipinski definition) is 1. The molecule has 1 aromatic carbocycles. The van der Waals surface area contributed by atoms with E-state index in [2.05, 4.69) is 36.6 Å². The molecule has 3 saturated carbocycles. The van der Waals surface area contributed by atoms with Crippen LogP contribution in [0.4, 0.5) is 0 Å². The van der Waals surface area contributed by atoms with Crippen molar-refractivity contribution in [3.05, 3.63) is 29.8 Å². The quantitative estimate of drug-likeness (QED) is 0.891. The third kappa shape index (κ3) is 2.16. The Balaban J connectivity index is 1.85. The van der Waals surface area contributed by atoms with Gasteiger partial charge in [-0.05, 0) is 75.6 Å². The van der Waals surface area contributed by atoms with Crippen molar-refractivity contribution in [1.29, 1.82) is 0 Å². The first-order valence-corrected chi connectivity index (χ1v) is 7.64. The van der Waals surface area contributed by atoms with Gasteiger partial charge in [-0.1, -0.05) is 12.1 Å². The number of hydrogen-bond acceptors (Lipinski definition) is 2. The summed E-state index contributed by atoms with van der Waals surface area (Å²) < 4.78 is 5.67. The van der Waals surface area contributed by atoms with Crippen molar-refractivity contribution in [3.63, 3.8) is 0 Å². The fourth-order valence-electron chi connectivity index (χ4n) is 4.08. The average molecular weight is 259 g/mol.